The van der Waals surface area contributed by atoms with E-state index in [1.807, 2.05) is 46.3 Å². The topological polar surface area (TPSA) is 83.3 Å². The molecule has 0 saturated carbocycles. The van der Waals surface area contributed by atoms with Crippen molar-refractivity contribution in [2.75, 3.05) is 0 Å². The lowest BCUT2D eigenvalue weighted by atomic mass is 10.2. The number of aliphatic hydroxyl groups excluding tert-OH is 1. The van der Waals surface area contributed by atoms with E-state index in [2.05, 4.69) is 15.0 Å². The molecule has 1 amide bonds. The van der Waals surface area contributed by atoms with E-state index in [0.29, 0.717) is 22.6 Å². The van der Waals surface area contributed by atoms with E-state index in [-0.39, 0.29) is 12.5 Å². The molecule has 0 aliphatic heterocycles. The number of rotatable bonds is 4. The molecule has 7 heteroatoms. The minimum absolute atomic E-state index is 0.107. The fourth-order valence-electron chi connectivity index (χ4n) is 2.80. The van der Waals surface area contributed by atoms with Crippen LogP contribution in [0.1, 0.15) is 21.6 Å². The minimum Gasteiger partial charge on any atom is -0.390 e. The molecule has 0 radical (unpaired) electrons. The zero-order valence-corrected chi connectivity index (χ0v) is 14.6. The summed E-state index contributed by atoms with van der Waals surface area (Å²) in [6.45, 7) is 0.436. The van der Waals surface area contributed by atoms with Gasteiger partial charge < -0.3 is 14.7 Å². The van der Waals surface area contributed by atoms with Gasteiger partial charge in [0.05, 0.1) is 24.4 Å². The van der Waals surface area contributed by atoms with Crippen molar-refractivity contribution in [2.45, 2.75) is 13.2 Å². The largest absolute Gasteiger partial charge is 0.390 e. The molecule has 26 heavy (non-hydrogen) atoms. The maximum absolute atomic E-state index is 12.7. The Morgan fingerprint density at radius 3 is 2.88 bits per heavy atom. The average molecular weight is 364 g/mol. The van der Waals surface area contributed by atoms with E-state index in [0.717, 1.165) is 16.6 Å². The number of carbonyl (C=O) groups is 1. The Hall–Kier alpha value is -3.03. The van der Waals surface area contributed by atoms with Crippen LogP contribution in [-0.4, -0.2) is 25.5 Å². The van der Waals surface area contributed by atoms with Crippen LogP contribution in [-0.2, 0) is 13.2 Å². The number of thiazole rings is 1. The normalized spacial score (nSPS) is 12.0. The first-order valence-electron chi connectivity index (χ1n) is 8.09. The number of H-pyrrole nitrogens is 1. The van der Waals surface area contributed by atoms with Crippen LogP contribution >= 0.6 is 11.3 Å². The van der Waals surface area contributed by atoms with Crippen LogP contribution < -0.4 is 4.80 Å². The van der Waals surface area contributed by atoms with E-state index in [9.17, 15) is 9.90 Å². The highest BCUT2D eigenvalue weighted by Gasteiger charge is 2.13. The number of nitrogens with zero attached hydrogens (tertiary/aromatic N) is 3. The van der Waals surface area contributed by atoms with Crippen LogP contribution in [0.4, 0.5) is 0 Å². The summed E-state index contributed by atoms with van der Waals surface area (Å²) in [5, 5.41) is 12.2. The van der Waals surface area contributed by atoms with Crippen molar-refractivity contribution in [1.29, 1.82) is 0 Å². The lowest BCUT2D eigenvalue weighted by Gasteiger charge is -2.07. The first-order chi connectivity index (χ1) is 12.8. The number of carbonyl (C=O) groups excluding carboxylic acids is 1. The van der Waals surface area contributed by atoms with Crippen LogP contribution in [0.5, 0.6) is 0 Å². The van der Waals surface area contributed by atoms with Crippen molar-refractivity contribution in [1.82, 2.24) is 14.5 Å². The van der Waals surface area contributed by atoms with Crippen molar-refractivity contribution in [3.8, 4) is 0 Å². The van der Waals surface area contributed by atoms with Gasteiger partial charge in [-0.3, -0.25) is 4.79 Å². The summed E-state index contributed by atoms with van der Waals surface area (Å²) in [4.78, 5) is 24.8. The number of fused-ring (bicyclic) bond motifs is 1. The third-order valence-electron chi connectivity index (χ3n) is 4.10. The molecule has 0 spiro atoms. The summed E-state index contributed by atoms with van der Waals surface area (Å²) in [5.41, 5.74) is 2.94. The standard InChI is InChI=1S/C19H16N4O2S/c24-11-14-12-26-19(23(14)10-13-5-2-1-3-6-13)22-18(25)16-9-21-17-15(16)7-4-8-20-17/h1-9,12,24H,10-11H2,(H,20,21)/b22-19-. The summed E-state index contributed by atoms with van der Waals surface area (Å²) in [6, 6.07) is 13.5. The van der Waals surface area contributed by atoms with Gasteiger partial charge >= 0.3 is 0 Å². The van der Waals surface area contributed by atoms with Crippen LogP contribution in [0.2, 0.25) is 0 Å². The maximum Gasteiger partial charge on any atom is 0.281 e. The lowest BCUT2D eigenvalue weighted by molar-refractivity contribution is 0.0999. The first-order valence-corrected chi connectivity index (χ1v) is 8.97. The fourth-order valence-corrected chi connectivity index (χ4v) is 3.68. The van der Waals surface area contributed by atoms with Gasteiger partial charge in [-0.1, -0.05) is 30.3 Å². The third kappa shape index (κ3) is 3.10. The van der Waals surface area contributed by atoms with E-state index in [4.69, 9.17) is 0 Å². The molecular formula is C19H16N4O2S. The van der Waals surface area contributed by atoms with Crippen molar-refractivity contribution < 1.29 is 9.90 Å². The molecule has 0 fully saturated rings. The second-order valence-corrected chi connectivity index (χ2v) is 6.59. The summed E-state index contributed by atoms with van der Waals surface area (Å²) in [6.07, 6.45) is 3.30. The Morgan fingerprint density at radius 1 is 1.23 bits per heavy atom. The van der Waals surface area contributed by atoms with Crippen molar-refractivity contribution in [2.24, 2.45) is 4.99 Å². The smallest absolute Gasteiger partial charge is 0.281 e. The molecule has 0 bridgehead atoms. The Kier molecular flexibility index (Phi) is 4.47. The van der Waals surface area contributed by atoms with E-state index >= 15 is 0 Å². The van der Waals surface area contributed by atoms with Gasteiger partial charge in [0.2, 0.25) is 0 Å². The van der Waals surface area contributed by atoms with Crippen LogP contribution in [0.15, 0.2) is 65.2 Å². The van der Waals surface area contributed by atoms with E-state index in [1.54, 1.807) is 18.5 Å². The zero-order chi connectivity index (χ0) is 17.9. The molecule has 130 valence electrons. The second kappa shape index (κ2) is 7.07. The molecule has 4 rings (SSSR count). The zero-order valence-electron chi connectivity index (χ0n) is 13.8. The Bertz CT molecular complexity index is 1130. The summed E-state index contributed by atoms with van der Waals surface area (Å²) >= 11 is 1.34. The molecule has 2 N–H and O–H groups in total. The quantitative estimate of drug-likeness (QED) is 0.584. The minimum atomic E-state index is -0.336. The number of pyridine rings is 1. The molecule has 0 atom stereocenters. The predicted octanol–water partition coefficient (Wildman–Crippen LogP) is 2.71. The van der Waals surface area contributed by atoms with Gasteiger partial charge in [0.15, 0.2) is 4.80 Å². The molecule has 1 aromatic carbocycles. The Morgan fingerprint density at radius 2 is 2.08 bits per heavy atom. The van der Waals surface area contributed by atoms with E-state index < -0.39 is 0 Å². The molecule has 0 saturated heterocycles. The average Bonchev–Trinajstić information content (AvgIpc) is 3.27. The number of aromatic amines is 1. The number of hydrogen-bond donors (Lipinski definition) is 2. The monoisotopic (exact) mass is 364 g/mol. The highest BCUT2D eigenvalue weighted by atomic mass is 32.1. The van der Waals surface area contributed by atoms with Crippen LogP contribution in [0.25, 0.3) is 11.0 Å². The van der Waals surface area contributed by atoms with Gasteiger partial charge in [0.1, 0.15) is 5.65 Å². The number of aromatic nitrogens is 3. The fraction of sp³-hybridized carbons (Fsp3) is 0.105. The van der Waals surface area contributed by atoms with Gasteiger partial charge in [0.25, 0.3) is 5.91 Å². The highest BCUT2D eigenvalue weighted by Crippen LogP contribution is 2.16. The Balaban J connectivity index is 1.75. The number of amides is 1. The van der Waals surface area contributed by atoms with Gasteiger partial charge in [0, 0.05) is 23.2 Å². The molecule has 0 aliphatic carbocycles. The number of aliphatic hydroxyl groups is 1. The summed E-state index contributed by atoms with van der Waals surface area (Å²) in [7, 11) is 0. The number of benzene rings is 1. The highest BCUT2D eigenvalue weighted by molar-refractivity contribution is 7.07. The van der Waals surface area contributed by atoms with E-state index in [1.165, 1.54) is 11.3 Å². The molecule has 6 nitrogen and oxygen atoms in total. The van der Waals surface area contributed by atoms with Crippen molar-refractivity contribution >= 4 is 28.3 Å². The van der Waals surface area contributed by atoms with Crippen LogP contribution in [0.3, 0.4) is 0 Å². The SMILES string of the molecule is O=C(/N=c1\scc(CO)n1Cc1ccccc1)c1c[nH]c2ncccc12. The lowest BCUT2D eigenvalue weighted by Crippen LogP contribution is -2.20. The van der Waals surface area contributed by atoms with Gasteiger partial charge in [-0.2, -0.15) is 4.99 Å². The molecule has 4 aromatic rings. The van der Waals surface area contributed by atoms with Gasteiger partial charge in [-0.25, -0.2) is 4.98 Å². The second-order valence-electron chi connectivity index (χ2n) is 5.76. The maximum atomic E-state index is 12.7. The van der Waals surface area contributed by atoms with Crippen LogP contribution in [0, 0.1) is 0 Å². The van der Waals surface area contributed by atoms with Crippen molar-refractivity contribution in [3.05, 3.63) is 81.9 Å². The number of hydrogen-bond acceptors (Lipinski definition) is 4. The van der Waals surface area contributed by atoms with Gasteiger partial charge in [-0.15, -0.1) is 11.3 Å². The summed E-state index contributed by atoms with van der Waals surface area (Å²) < 4.78 is 1.87. The number of nitrogens with one attached hydrogen (secondary N) is 1. The van der Waals surface area contributed by atoms with Gasteiger partial charge in [-0.05, 0) is 17.7 Å². The molecule has 0 aliphatic rings. The molecule has 3 heterocycles. The predicted molar refractivity (Wildman–Crippen MR) is 99.8 cm³/mol. The molecular weight excluding hydrogens is 348 g/mol. The summed E-state index contributed by atoms with van der Waals surface area (Å²) in [5.74, 6) is -0.336. The van der Waals surface area contributed by atoms with Crippen molar-refractivity contribution in [3.63, 3.8) is 0 Å². The molecule has 0 unspecified atom stereocenters. The third-order valence-corrected chi connectivity index (χ3v) is 5.01. The first kappa shape index (κ1) is 16.4. The Labute approximate surface area is 153 Å². The molecule has 3 aromatic heterocycles.